The summed E-state index contributed by atoms with van der Waals surface area (Å²) in [7, 11) is 0.777. The van der Waals surface area contributed by atoms with Gasteiger partial charge in [0.05, 0.1) is 0 Å². The van der Waals surface area contributed by atoms with Crippen molar-refractivity contribution in [2.24, 2.45) is 0 Å². The van der Waals surface area contributed by atoms with E-state index in [9.17, 15) is 0 Å². The fourth-order valence-electron chi connectivity index (χ4n) is 1.21. The normalized spacial score (nSPS) is 9.14. The molecule has 2 aromatic rings. The first-order valence-corrected chi connectivity index (χ1v) is 5.32. The van der Waals surface area contributed by atoms with E-state index in [-0.39, 0.29) is 18.9 Å². The van der Waals surface area contributed by atoms with E-state index in [1.807, 2.05) is 0 Å². The van der Waals surface area contributed by atoms with Crippen molar-refractivity contribution in [3.8, 4) is 0 Å². The third-order valence-electron chi connectivity index (χ3n) is 1.84. The van der Waals surface area contributed by atoms with Gasteiger partial charge in [0, 0.05) is 0 Å². The van der Waals surface area contributed by atoms with Crippen LogP contribution in [0.1, 0.15) is 0 Å². The summed E-state index contributed by atoms with van der Waals surface area (Å²) in [6.07, 6.45) is 0. The smallest absolute Gasteiger partial charge is 0.0622 e. The van der Waals surface area contributed by atoms with Gasteiger partial charge in [0.25, 0.3) is 0 Å². The van der Waals surface area contributed by atoms with Crippen LogP contribution in [0.4, 0.5) is 0 Å². The van der Waals surface area contributed by atoms with Crippen molar-refractivity contribution in [2.45, 2.75) is 0 Å². The van der Waals surface area contributed by atoms with E-state index in [1.54, 1.807) is 0 Å². The summed E-state index contributed by atoms with van der Waals surface area (Å²) in [5.41, 5.74) is 0. The topological polar surface area (TPSA) is 0 Å². The van der Waals surface area contributed by atoms with Crippen LogP contribution in [0.15, 0.2) is 60.7 Å². The summed E-state index contributed by atoms with van der Waals surface area (Å²) in [5.74, 6) is 0. The first-order chi connectivity index (χ1) is 6.45. The molecule has 0 bridgehead atoms. The summed E-state index contributed by atoms with van der Waals surface area (Å²) in [5, 5.41) is 2.79. The summed E-state index contributed by atoms with van der Waals surface area (Å²) < 4.78 is 0. The largest absolute Gasteiger partial charge is 1.00 e. The molecule has 2 rings (SSSR count). The Bertz CT molecular complexity index is 321. The Kier molecular flexibility index (Phi) is 4.98. The van der Waals surface area contributed by atoms with E-state index in [0.717, 1.165) is 8.58 Å². The predicted octanol–water partition coefficient (Wildman–Crippen LogP) is -0.680. The van der Waals surface area contributed by atoms with Gasteiger partial charge in [-0.15, -0.1) is 0 Å². The number of benzene rings is 2. The van der Waals surface area contributed by atoms with Gasteiger partial charge in [-0.05, 0) is 10.6 Å². The molecule has 2 heteroatoms. The molecule has 0 radical (unpaired) electrons. The molecule has 0 amide bonds. The molecule has 0 saturated heterocycles. The van der Waals surface area contributed by atoms with Crippen molar-refractivity contribution in [3.63, 3.8) is 0 Å². The molecule has 0 heterocycles. The van der Waals surface area contributed by atoms with Crippen LogP contribution >= 0.6 is 8.58 Å². The van der Waals surface area contributed by atoms with Gasteiger partial charge < -0.3 is 0 Å². The van der Waals surface area contributed by atoms with Crippen molar-refractivity contribution in [3.05, 3.63) is 60.7 Å². The summed E-state index contributed by atoms with van der Waals surface area (Å²) in [6, 6.07) is 21.2. The van der Waals surface area contributed by atoms with Crippen LogP contribution in [0, 0.1) is 0 Å². The van der Waals surface area contributed by atoms with E-state index in [4.69, 9.17) is 0 Å². The molecular formula is C12H11LiP+. The Hall–Kier alpha value is -0.533. The van der Waals surface area contributed by atoms with Gasteiger partial charge in [0.15, 0.2) is 0 Å². The maximum absolute atomic E-state index is 2.17. The Balaban J connectivity index is 0.000000980. The third-order valence-corrected chi connectivity index (χ3v) is 3.08. The van der Waals surface area contributed by atoms with Gasteiger partial charge in [-0.2, -0.15) is 0 Å². The minimum Gasteiger partial charge on any atom is -0.0622 e. The van der Waals surface area contributed by atoms with E-state index < -0.39 is 0 Å². The Morgan fingerprint density at radius 1 is 0.571 bits per heavy atom. The van der Waals surface area contributed by atoms with Crippen molar-refractivity contribution in [2.75, 3.05) is 0 Å². The second-order valence-corrected chi connectivity index (χ2v) is 4.26. The molecule has 0 spiro atoms. The molecule has 0 fully saturated rings. The zero-order chi connectivity index (χ0) is 8.93. The average molecular weight is 193 g/mol. The summed E-state index contributed by atoms with van der Waals surface area (Å²) in [6.45, 7) is 0. The van der Waals surface area contributed by atoms with E-state index in [1.165, 1.54) is 10.6 Å². The van der Waals surface area contributed by atoms with Crippen LogP contribution in [0.2, 0.25) is 0 Å². The van der Waals surface area contributed by atoms with Gasteiger partial charge in [0.2, 0.25) is 0 Å². The van der Waals surface area contributed by atoms with Gasteiger partial charge in [-0.25, -0.2) is 0 Å². The standard InChI is InChI=1S/C12H11P.Li/c1-3-7-11(8-4-1)13-12-9-5-2-6-10-12;/h1-10,13H;/q;+1. The molecule has 14 heavy (non-hydrogen) atoms. The van der Waals surface area contributed by atoms with Gasteiger partial charge in [-0.1, -0.05) is 69.2 Å². The second-order valence-electron chi connectivity index (χ2n) is 2.86. The molecule has 0 unspecified atom stereocenters. The minimum atomic E-state index is 0. The van der Waals surface area contributed by atoms with Crippen LogP contribution in [-0.4, -0.2) is 0 Å². The molecule has 2 aromatic carbocycles. The molecule has 0 saturated carbocycles. The molecule has 0 aliphatic carbocycles. The van der Waals surface area contributed by atoms with Crippen molar-refractivity contribution >= 4 is 19.2 Å². The number of hydrogen-bond acceptors (Lipinski definition) is 0. The third kappa shape index (κ3) is 3.32. The first kappa shape index (κ1) is 11.5. The Morgan fingerprint density at radius 2 is 0.929 bits per heavy atom. The maximum Gasteiger partial charge on any atom is 1.00 e. The fraction of sp³-hybridized carbons (Fsp3) is 0. The average Bonchev–Trinajstić information content (AvgIpc) is 2.21. The Morgan fingerprint density at radius 3 is 1.29 bits per heavy atom. The summed E-state index contributed by atoms with van der Waals surface area (Å²) >= 11 is 0. The van der Waals surface area contributed by atoms with Crippen LogP contribution < -0.4 is 29.5 Å². The minimum absolute atomic E-state index is 0. The monoisotopic (exact) mass is 193 g/mol. The molecule has 0 N–H and O–H groups in total. The predicted molar refractivity (Wildman–Crippen MR) is 60.5 cm³/mol. The van der Waals surface area contributed by atoms with Crippen molar-refractivity contribution in [1.29, 1.82) is 0 Å². The zero-order valence-corrected chi connectivity index (χ0v) is 9.27. The molecule has 0 aliphatic rings. The van der Waals surface area contributed by atoms with Crippen LogP contribution in [0.25, 0.3) is 0 Å². The Labute approximate surface area is 98.7 Å². The second kappa shape index (κ2) is 6.05. The molecule has 0 nitrogen and oxygen atoms in total. The molecule has 64 valence electrons. The van der Waals surface area contributed by atoms with Crippen LogP contribution in [0.5, 0.6) is 0 Å². The quantitative estimate of drug-likeness (QED) is 0.438. The van der Waals surface area contributed by atoms with E-state index in [0.29, 0.717) is 0 Å². The SMILES string of the molecule is [Li+].c1ccc(Pc2ccccc2)cc1. The summed E-state index contributed by atoms with van der Waals surface area (Å²) in [4.78, 5) is 0. The van der Waals surface area contributed by atoms with Gasteiger partial charge in [-0.3, -0.25) is 0 Å². The van der Waals surface area contributed by atoms with Crippen LogP contribution in [0.3, 0.4) is 0 Å². The maximum atomic E-state index is 2.17. The molecule has 0 aromatic heterocycles. The first-order valence-electron chi connectivity index (χ1n) is 4.32. The van der Waals surface area contributed by atoms with E-state index >= 15 is 0 Å². The van der Waals surface area contributed by atoms with Crippen LogP contribution in [-0.2, 0) is 0 Å². The van der Waals surface area contributed by atoms with E-state index in [2.05, 4.69) is 60.7 Å². The van der Waals surface area contributed by atoms with Gasteiger partial charge in [0.1, 0.15) is 0 Å². The fourth-order valence-corrected chi connectivity index (χ4v) is 2.26. The van der Waals surface area contributed by atoms with Gasteiger partial charge >= 0.3 is 18.9 Å². The number of rotatable bonds is 2. The van der Waals surface area contributed by atoms with Crippen molar-refractivity contribution < 1.29 is 18.9 Å². The molecular weight excluding hydrogens is 182 g/mol. The molecule has 0 aliphatic heterocycles. The van der Waals surface area contributed by atoms with Crippen molar-refractivity contribution in [1.82, 2.24) is 0 Å². The number of hydrogen-bond donors (Lipinski definition) is 0. The zero-order valence-electron chi connectivity index (χ0n) is 8.27. The molecule has 0 atom stereocenters.